The molecule has 2 aromatic heterocycles. The molecule has 8 heteroatoms. The van der Waals surface area contributed by atoms with Crippen molar-refractivity contribution in [3.8, 4) is 5.88 Å². The summed E-state index contributed by atoms with van der Waals surface area (Å²) in [5, 5.41) is 3.76. The first-order chi connectivity index (χ1) is 11.9. The molecule has 0 amide bonds. The van der Waals surface area contributed by atoms with Crippen LogP contribution < -0.4 is 4.74 Å². The summed E-state index contributed by atoms with van der Waals surface area (Å²) in [6.07, 6.45) is 3.23. The van der Waals surface area contributed by atoms with Crippen LogP contribution in [0.3, 0.4) is 0 Å². The Kier molecular flexibility index (Phi) is 5.10. The molecule has 25 heavy (non-hydrogen) atoms. The van der Waals surface area contributed by atoms with Gasteiger partial charge in [0.15, 0.2) is 5.76 Å². The van der Waals surface area contributed by atoms with Crippen molar-refractivity contribution < 1.29 is 17.7 Å². The van der Waals surface area contributed by atoms with E-state index in [1.807, 2.05) is 19.1 Å². The molecule has 0 unspecified atom stereocenters. The maximum absolute atomic E-state index is 12.8. The second-order valence-electron chi connectivity index (χ2n) is 6.44. The minimum atomic E-state index is -3.55. The Bertz CT molecular complexity index is 820. The van der Waals surface area contributed by atoms with Gasteiger partial charge in [-0.25, -0.2) is 13.4 Å². The average molecular weight is 365 g/mol. The van der Waals surface area contributed by atoms with Gasteiger partial charge < -0.3 is 9.26 Å². The molecule has 1 aliphatic rings. The predicted octanol–water partition coefficient (Wildman–Crippen LogP) is 2.47. The molecule has 0 spiro atoms. The number of piperidine rings is 1. The molecule has 1 aliphatic heterocycles. The third-order valence-corrected chi connectivity index (χ3v) is 6.70. The number of aromatic nitrogens is 2. The summed E-state index contributed by atoms with van der Waals surface area (Å²) in [5.41, 5.74) is 1.41. The first kappa shape index (κ1) is 17.9. The third-order valence-electron chi connectivity index (χ3n) is 4.56. The van der Waals surface area contributed by atoms with E-state index in [0.29, 0.717) is 42.9 Å². The van der Waals surface area contributed by atoms with Gasteiger partial charge in [0.25, 0.3) is 0 Å². The number of aryl methyl sites for hydroxylation is 3. The Hall–Kier alpha value is -1.93. The van der Waals surface area contributed by atoms with Crippen LogP contribution in [0.15, 0.2) is 27.7 Å². The Balaban J connectivity index is 1.59. The van der Waals surface area contributed by atoms with E-state index in [0.717, 1.165) is 18.4 Å². The van der Waals surface area contributed by atoms with Gasteiger partial charge in [-0.1, -0.05) is 11.2 Å². The Morgan fingerprint density at radius 3 is 2.60 bits per heavy atom. The number of hydrogen-bond acceptors (Lipinski definition) is 6. The molecule has 2 aromatic rings. The van der Waals surface area contributed by atoms with Crippen molar-refractivity contribution in [2.45, 2.75) is 38.5 Å². The lowest BCUT2D eigenvalue weighted by atomic mass is 9.99. The van der Waals surface area contributed by atoms with Crippen LogP contribution in [0, 0.1) is 26.7 Å². The van der Waals surface area contributed by atoms with Crippen LogP contribution in [-0.2, 0) is 10.0 Å². The van der Waals surface area contributed by atoms with Crippen LogP contribution in [0.4, 0.5) is 0 Å². The zero-order chi connectivity index (χ0) is 18.0. The first-order valence-corrected chi connectivity index (χ1v) is 9.81. The van der Waals surface area contributed by atoms with Gasteiger partial charge in [0.1, 0.15) is 10.6 Å². The maximum atomic E-state index is 12.8. The Morgan fingerprint density at radius 2 is 2.00 bits per heavy atom. The number of rotatable bonds is 5. The fourth-order valence-corrected chi connectivity index (χ4v) is 4.87. The number of hydrogen-bond donors (Lipinski definition) is 0. The number of sulfonamides is 1. The summed E-state index contributed by atoms with van der Waals surface area (Å²) in [6.45, 7) is 6.74. The van der Waals surface area contributed by atoms with Gasteiger partial charge in [-0.2, -0.15) is 4.31 Å². The third kappa shape index (κ3) is 3.69. The van der Waals surface area contributed by atoms with Gasteiger partial charge in [0.05, 0.1) is 6.61 Å². The molecule has 0 aliphatic carbocycles. The van der Waals surface area contributed by atoms with Gasteiger partial charge in [-0.15, -0.1) is 0 Å². The van der Waals surface area contributed by atoms with Crippen LogP contribution in [0.25, 0.3) is 0 Å². The van der Waals surface area contributed by atoms with Crippen LogP contribution in [0.1, 0.15) is 29.9 Å². The summed E-state index contributed by atoms with van der Waals surface area (Å²) in [6, 6.07) is 3.83. The quantitative estimate of drug-likeness (QED) is 0.809. The average Bonchev–Trinajstić information content (AvgIpc) is 2.94. The highest BCUT2D eigenvalue weighted by atomic mass is 32.2. The van der Waals surface area contributed by atoms with Gasteiger partial charge >= 0.3 is 0 Å². The molecule has 0 aromatic carbocycles. The molecule has 0 bridgehead atoms. The largest absolute Gasteiger partial charge is 0.477 e. The summed E-state index contributed by atoms with van der Waals surface area (Å²) >= 11 is 0. The Morgan fingerprint density at radius 1 is 1.28 bits per heavy atom. The highest BCUT2D eigenvalue weighted by Gasteiger charge is 2.33. The second kappa shape index (κ2) is 7.13. The van der Waals surface area contributed by atoms with Crippen molar-refractivity contribution in [3.05, 3.63) is 35.3 Å². The van der Waals surface area contributed by atoms with Crippen molar-refractivity contribution in [1.82, 2.24) is 14.4 Å². The van der Waals surface area contributed by atoms with Gasteiger partial charge in [-0.3, -0.25) is 0 Å². The number of ether oxygens (including phenoxy) is 1. The fraction of sp³-hybridized carbons (Fsp3) is 0.529. The van der Waals surface area contributed by atoms with Crippen molar-refractivity contribution in [3.63, 3.8) is 0 Å². The smallest absolute Gasteiger partial charge is 0.248 e. The predicted molar refractivity (Wildman–Crippen MR) is 91.9 cm³/mol. The molecule has 3 heterocycles. The van der Waals surface area contributed by atoms with Crippen molar-refractivity contribution in [2.24, 2.45) is 5.92 Å². The van der Waals surface area contributed by atoms with Crippen LogP contribution in [-0.4, -0.2) is 42.6 Å². The standard InChI is InChI=1S/C17H23N3O4S/c1-12-5-4-8-18-17(12)23-11-15-6-9-20(10-7-15)25(21,22)16-13(2)19-24-14(16)3/h4-5,8,15H,6-7,9-11H2,1-3H3. The fourth-order valence-electron chi connectivity index (χ4n) is 3.11. The summed E-state index contributed by atoms with van der Waals surface area (Å²) in [5.74, 6) is 1.30. The van der Waals surface area contributed by atoms with E-state index in [1.165, 1.54) is 4.31 Å². The molecule has 0 atom stereocenters. The van der Waals surface area contributed by atoms with Crippen molar-refractivity contribution in [2.75, 3.05) is 19.7 Å². The van der Waals surface area contributed by atoms with Crippen LogP contribution >= 0.6 is 0 Å². The molecular weight excluding hydrogens is 342 g/mol. The molecule has 1 saturated heterocycles. The molecule has 1 fully saturated rings. The molecule has 3 rings (SSSR count). The SMILES string of the molecule is Cc1cccnc1OCC1CCN(S(=O)(=O)c2c(C)noc2C)CC1. The zero-order valence-electron chi connectivity index (χ0n) is 14.7. The molecule has 7 nitrogen and oxygen atoms in total. The maximum Gasteiger partial charge on any atom is 0.248 e. The van der Waals surface area contributed by atoms with Gasteiger partial charge in [0.2, 0.25) is 15.9 Å². The van der Waals surface area contributed by atoms with Crippen molar-refractivity contribution >= 4 is 10.0 Å². The van der Waals surface area contributed by atoms with Crippen LogP contribution in [0.2, 0.25) is 0 Å². The minimum Gasteiger partial charge on any atom is -0.477 e. The van der Waals surface area contributed by atoms with Gasteiger partial charge in [-0.05, 0) is 45.6 Å². The highest BCUT2D eigenvalue weighted by Crippen LogP contribution is 2.28. The van der Waals surface area contributed by atoms with E-state index >= 15 is 0 Å². The zero-order valence-corrected chi connectivity index (χ0v) is 15.5. The first-order valence-electron chi connectivity index (χ1n) is 8.37. The van der Waals surface area contributed by atoms with Crippen LogP contribution in [0.5, 0.6) is 5.88 Å². The normalized spacial score (nSPS) is 16.9. The van der Waals surface area contributed by atoms with Crippen molar-refractivity contribution in [1.29, 1.82) is 0 Å². The monoisotopic (exact) mass is 365 g/mol. The van der Waals surface area contributed by atoms with E-state index in [-0.39, 0.29) is 4.90 Å². The topological polar surface area (TPSA) is 85.5 Å². The van der Waals surface area contributed by atoms with E-state index in [9.17, 15) is 8.42 Å². The van der Waals surface area contributed by atoms with E-state index in [2.05, 4.69) is 10.1 Å². The lowest BCUT2D eigenvalue weighted by Gasteiger charge is -2.30. The Labute approximate surface area is 148 Å². The lowest BCUT2D eigenvalue weighted by Crippen LogP contribution is -2.40. The summed E-state index contributed by atoms with van der Waals surface area (Å²) in [4.78, 5) is 4.42. The van der Waals surface area contributed by atoms with E-state index in [4.69, 9.17) is 9.26 Å². The highest BCUT2D eigenvalue weighted by molar-refractivity contribution is 7.89. The number of nitrogens with zero attached hydrogens (tertiary/aromatic N) is 3. The summed E-state index contributed by atoms with van der Waals surface area (Å²) < 4.78 is 37.9. The second-order valence-corrected chi connectivity index (χ2v) is 8.31. The van der Waals surface area contributed by atoms with E-state index < -0.39 is 10.0 Å². The van der Waals surface area contributed by atoms with E-state index in [1.54, 1.807) is 20.0 Å². The molecule has 136 valence electrons. The molecular formula is C17H23N3O4S. The molecule has 0 N–H and O–H groups in total. The lowest BCUT2D eigenvalue weighted by molar-refractivity contribution is 0.180. The minimum absolute atomic E-state index is 0.200. The summed E-state index contributed by atoms with van der Waals surface area (Å²) in [7, 11) is -3.55. The molecule has 0 radical (unpaired) electrons. The number of pyridine rings is 1. The molecule has 0 saturated carbocycles. The van der Waals surface area contributed by atoms with Gasteiger partial charge in [0, 0.05) is 24.8 Å².